The summed E-state index contributed by atoms with van der Waals surface area (Å²) in [7, 11) is -4.62. The molecule has 186 valence electrons. The van der Waals surface area contributed by atoms with Crippen LogP contribution in [-0.4, -0.2) is 65.5 Å². The van der Waals surface area contributed by atoms with Crippen LogP contribution in [-0.2, 0) is 24.4 Å². The second-order valence-electron chi connectivity index (χ2n) is 8.48. The van der Waals surface area contributed by atoms with Crippen LogP contribution in [0.3, 0.4) is 0 Å². The average molecular weight is 497 g/mol. The normalized spacial score (nSPS) is 18.9. The number of sulfonamides is 1. The van der Waals surface area contributed by atoms with Crippen molar-refractivity contribution in [2.75, 3.05) is 13.2 Å². The molecule has 0 aliphatic carbocycles. The standard InChI is InChI=1S/C21H28N4O8S/c1-6-11-32-25(34(30,31)18-10-8-7-9-15(18)24(28)29)17-13-23(20(27)33-21(3,4)5)16(19(22)26)12-14(17)2/h6-10,12,16-17H,1,11,13H2,2-5H3,(H2,22,26)/t16-,17?/m0/s1. The quantitative estimate of drug-likeness (QED) is 0.325. The van der Waals surface area contributed by atoms with Crippen LogP contribution in [0.1, 0.15) is 27.7 Å². The molecule has 0 saturated heterocycles. The monoisotopic (exact) mass is 496 g/mol. The number of nitrogens with zero attached hydrogens (tertiary/aromatic N) is 3. The van der Waals surface area contributed by atoms with Crippen molar-refractivity contribution in [3.63, 3.8) is 0 Å². The van der Waals surface area contributed by atoms with Gasteiger partial charge < -0.3 is 10.5 Å². The Kier molecular flexibility index (Phi) is 8.18. The van der Waals surface area contributed by atoms with Crippen LogP contribution in [0.5, 0.6) is 0 Å². The number of nitrogens with two attached hydrogens (primary N) is 1. The van der Waals surface area contributed by atoms with E-state index in [1.807, 2.05) is 0 Å². The van der Waals surface area contributed by atoms with Crippen LogP contribution in [0.2, 0.25) is 0 Å². The molecule has 1 aliphatic rings. The van der Waals surface area contributed by atoms with E-state index in [1.165, 1.54) is 31.2 Å². The van der Waals surface area contributed by atoms with Crippen molar-refractivity contribution in [1.82, 2.24) is 9.37 Å². The van der Waals surface area contributed by atoms with Crippen molar-refractivity contribution in [2.24, 2.45) is 5.73 Å². The molecule has 2 amide bonds. The predicted octanol–water partition coefficient (Wildman–Crippen LogP) is 2.12. The minimum atomic E-state index is -4.62. The van der Waals surface area contributed by atoms with Gasteiger partial charge in [0.15, 0.2) is 4.90 Å². The smallest absolute Gasteiger partial charge is 0.411 e. The van der Waals surface area contributed by atoms with E-state index in [0.29, 0.717) is 10.0 Å². The molecule has 1 aromatic carbocycles. The number of nitro groups is 1. The third-order valence-electron chi connectivity index (χ3n) is 4.72. The zero-order valence-corrected chi connectivity index (χ0v) is 20.1. The van der Waals surface area contributed by atoms with Gasteiger partial charge in [0.05, 0.1) is 17.6 Å². The molecule has 2 rings (SSSR count). The average Bonchev–Trinajstić information content (AvgIpc) is 2.73. The highest BCUT2D eigenvalue weighted by Gasteiger charge is 2.44. The van der Waals surface area contributed by atoms with Crippen LogP contribution >= 0.6 is 0 Å². The lowest BCUT2D eigenvalue weighted by atomic mass is 9.99. The second-order valence-corrected chi connectivity index (χ2v) is 10.2. The van der Waals surface area contributed by atoms with Crippen LogP contribution in [0.15, 0.2) is 53.5 Å². The topological polar surface area (TPSA) is 162 Å². The van der Waals surface area contributed by atoms with Gasteiger partial charge in [-0.3, -0.25) is 24.6 Å². The Hall–Kier alpha value is -3.29. The Morgan fingerprint density at radius 1 is 1.35 bits per heavy atom. The number of hydrogen-bond donors (Lipinski definition) is 1. The first-order valence-electron chi connectivity index (χ1n) is 10.2. The molecule has 0 radical (unpaired) electrons. The third-order valence-corrected chi connectivity index (χ3v) is 6.46. The van der Waals surface area contributed by atoms with Gasteiger partial charge in [0, 0.05) is 12.6 Å². The summed E-state index contributed by atoms with van der Waals surface area (Å²) in [5.74, 6) is -0.844. The Morgan fingerprint density at radius 2 is 1.97 bits per heavy atom. The Morgan fingerprint density at radius 3 is 2.50 bits per heavy atom. The van der Waals surface area contributed by atoms with Crippen molar-refractivity contribution in [1.29, 1.82) is 0 Å². The molecule has 1 unspecified atom stereocenters. The lowest BCUT2D eigenvalue weighted by Crippen LogP contribution is -2.58. The molecule has 0 spiro atoms. The first-order valence-corrected chi connectivity index (χ1v) is 11.6. The van der Waals surface area contributed by atoms with Gasteiger partial charge in [-0.2, -0.15) is 0 Å². The summed E-state index contributed by atoms with van der Waals surface area (Å²) in [6.45, 7) is 9.31. The van der Waals surface area contributed by atoms with Crippen molar-refractivity contribution in [3.8, 4) is 0 Å². The Balaban J connectivity index is 2.60. The van der Waals surface area contributed by atoms with Crippen LogP contribution in [0.4, 0.5) is 10.5 Å². The summed E-state index contributed by atoms with van der Waals surface area (Å²) >= 11 is 0. The molecular formula is C21H28N4O8S. The summed E-state index contributed by atoms with van der Waals surface area (Å²) in [6.07, 6.45) is 1.73. The van der Waals surface area contributed by atoms with Crippen LogP contribution < -0.4 is 5.73 Å². The van der Waals surface area contributed by atoms with Crippen molar-refractivity contribution in [3.05, 3.63) is 58.7 Å². The lowest BCUT2D eigenvalue weighted by Gasteiger charge is -2.40. The highest BCUT2D eigenvalue weighted by molar-refractivity contribution is 7.89. The molecule has 2 atom stereocenters. The molecular weight excluding hydrogens is 468 g/mol. The molecule has 2 N–H and O–H groups in total. The minimum Gasteiger partial charge on any atom is -0.444 e. The third kappa shape index (κ3) is 5.98. The van der Waals surface area contributed by atoms with Gasteiger partial charge in [-0.1, -0.05) is 34.3 Å². The maximum atomic E-state index is 13.5. The molecule has 1 aliphatic heterocycles. The molecule has 1 heterocycles. The summed E-state index contributed by atoms with van der Waals surface area (Å²) < 4.78 is 33.0. The number of ether oxygens (including phenoxy) is 1. The molecule has 0 saturated carbocycles. The fraction of sp³-hybridized carbons (Fsp3) is 0.429. The number of hydroxylamine groups is 1. The van der Waals surface area contributed by atoms with E-state index in [4.69, 9.17) is 15.3 Å². The highest BCUT2D eigenvalue weighted by Crippen LogP contribution is 2.32. The molecule has 12 nitrogen and oxygen atoms in total. The molecule has 0 aromatic heterocycles. The van der Waals surface area contributed by atoms with Crippen molar-refractivity contribution >= 4 is 27.7 Å². The number of amides is 2. The first-order chi connectivity index (χ1) is 15.7. The summed E-state index contributed by atoms with van der Waals surface area (Å²) in [5, 5.41) is 11.5. The number of nitro benzene ring substituents is 1. The van der Waals surface area contributed by atoms with E-state index in [1.54, 1.807) is 20.8 Å². The largest absolute Gasteiger partial charge is 0.444 e. The summed E-state index contributed by atoms with van der Waals surface area (Å²) in [5.41, 5.74) is 4.26. The number of para-hydroxylation sites is 1. The van der Waals surface area contributed by atoms with E-state index in [2.05, 4.69) is 6.58 Å². The highest BCUT2D eigenvalue weighted by atomic mass is 32.2. The predicted molar refractivity (Wildman–Crippen MR) is 122 cm³/mol. The Labute approximate surface area is 197 Å². The maximum absolute atomic E-state index is 13.5. The van der Waals surface area contributed by atoms with Crippen LogP contribution in [0, 0.1) is 10.1 Å². The van der Waals surface area contributed by atoms with Gasteiger partial charge >= 0.3 is 6.09 Å². The lowest BCUT2D eigenvalue weighted by molar-refractivity contribution is -0.388. The maximum Gasteiger partial charge on any atom is 0.411 e. The molecule has 0 bridgehead atoms. The minimum absolute atomic E-state index is 0.255. The molecule has 0 fully saturated rings. The van der Waals surface area contributed by atoms with E-state index >= 15 is 0 Å². The number of carbonyl (C=O) groups is 2. The number of rotatable bonds is 8. The van der Waals surface area contributed by atoms with Gasteiger partial charge in [-0.25, -0.2) is 13.2 Å². The zero-order chi connectivity index (χ0) is 25.8. The molecule has 1 aromatic rings. The van der Waals surface area contributed by atoms with E-state index in [9.17, 15) is 28.1 Å². The first kappa shape index (κ1) is 27.0. The number of hydrogen-bond acceptors (Lipinski definition) is 8. The van der Waals surface area contributed by atoms with Gasteiger partial charge in [-0.05, 0) is 33.8 Å². The molecule has 13 heteroatoms. The van der Waals surface area contributed by atoms with Gasteiger partial charge in [0.2, 0.25) is 5.91 Å². The summed E-state index contributed by atoms with van der Waals surface area (Å²) in [6, 6.07) is 2.47. The van der Waals surface area contributed by atoms with E-state index in [-0.39, 0.29) is 13.2 Å². The van der Waals surface area contributed by atoms with E-state index < -0.39 is 55.2 Å². The van der Waals surface area contributed by atoms with Gasteiger partial charge in [-0.15, -0.1) is 6.58 Å². The van der Waals surface area contributed by atoms with Crippen molar-refractivity contribution < 1.29 is 32.5 Å². The zero-order valence-electron chi connectivity index (χ0n) is 19.3. The fourth-order valence-electron chi connectivity index (χ4n) is 3.25. The number of carbonyl (C=O) groups excluding carboxylic acids is 2. The Bertz CT molecular complexity index is 1110. The fourth-order valence-corrected chi connectivity index (χ4v) is 4.87. The molecule has 34 heavy (non-hydrogen) atoms. The van der Waals surface area contributed by atoms with Gasteiger partial charge in [0.25, 0.3) is 15.7 Å². The SMILES string of the molecule is C=CCON(C1CN(C(=O)OC(C)(C)C)[C@H](C(N)=O)C=C1C)S(=O)(=O)c1ccccc1[N+](=O)[O-]. The summed E-state index contributed by atoms with van der Waals surface area (Å²) in [4.78, 5) is 41.4. The number of primary amides is 1. The van der Waals surface area contributed by atoms with Crippen molar-refractivity contribution in [2.45, 2.75) is 50.3 Å². The van der Waals surface area contributed by atoms with Crippen LogP contribution in [0.25, 0.3) is 0 Å². The van der Waals surface area contributed by atoms with E-state index in [0.717, 1.165) is 17.0 Å². The second kappa shape index (κ2) is 10.3. The van der Waals surface area contributed by atoms with Gasteiger partial charge in [0.1, 0.15) is 11.6 Å². The number of benzene rings is 1.